The molecule has 2 saturated heterocycles. The van der Waals surface area contributed by atoms with Crippen molar-refractivity contribution in [1.82, 2.24) is 15.5 Å². The molecule has 1 atom stereocenters. The van der Waals surface area contributed by atoms with Crippen molar-refractivity contribution in [2.75, 3.05) is 32.8 Å². The molecule has 6 nitrogen and oxygen atoms in total. The Morgan fingerprint density at radius 1 is 1.07 bits per heavy atom. The van der Waals surface area contributed by atoms with Gasteiger partial charge in [-0.25, -0.2) is 0 Å². The predicted octanol–water partition coefficient (Wildman–Crippen LogP) is 2.40. The molecular weight excluding hydrogens is 366 g/mol. The maximum absolute atomic E-state index is 13.2. The molecule has 0 bridgehead atoms. The second-order valence-corrected chi connectivity index (χ2v) is 8.60. The van der Waals surface area contributed by atoms with Gasteiger partial charge < -0.3 is 15.4 Å². The average molecular weight is 402 g/mol. The van der Waals surface area contributed by atoms with Gasteiger partial charge in [-0.15, -0.1) is 0 Å². The van der Waals surface area contributed by atoms with Crippen LogP contribution < -0.4 is 10.6 Å². The van der Waals surface area contributed by atoms with Crippen molar-refractivity contribution in [2.45, 2.75) is 58.5 Å². The van der Waals surface area contributed by atoms with Crippen molar-refractivity contribution >= 4 is 11.8 Å². The SMILES string of the molecule is Cc1ccc(CN2CCC3(CCCCOCCNC(=O)[C@H](C)NC3=O)CC2)cc1. The molecule has 29 heavy (non-hydrogen) atoms. The van der Waals surface area contributed by atoms with Gasteiger partial charge in [-0.2, -0.15) is 0 Å². The van der Waals surface area contributed by atoms with E-state index in [-0.39, 0.29) is 17.2 Å². The standard InChI is InChI=1S/C23H35N3O3/c1-18-5-7-20(8-6-18)17-26-13-10-23(11-14-26)9-3-4-15-29-16-12-24-21(27)19(2)25-22(23)28/h5-8,19H,3-4,9-17H2,1-2H3,(H,24,27)(H,25,28)/t19-/m0/s1. The number of rotatable bonds is 2. The fraction of sp³-hybridized carbons (Fsp3) is 0.652. The van der Waals surface area contributed by atoms with Crippen LogP contribution in [0.5, 0.6) is 0 Å². The average Bonchev–Trinajstić information content (AvgIpc) is 2.72. The molecule has 1 aromatic rings. The van der Waals surface area contributed by atoms with E-state index in [4.69, 9.17) is 4.74 Å². The first-order chi connectivity index (χ1) is 14.0. The summed E-state index contributed by atoms with van der Waals surface area (Å²) >= 11 is 0. The molecule has 1 spiro atoms. The smallest absolute Gasteiger partial charge is 0.242 e. The zero-order valence-corrected chi connectivity index (χ0v) is 17.8. The lowest BCUT2D eigenvalue weighted by molar-refractivity contribution is -0.138. The Balaban J connectivity index is 1.63. The Kier molecular flexibility index (Phi) is 7.67. The largest absolute Gasteiger partial charge is 0.380 e. The summed E-state index contributed by atoms with van der Waals surface area (Å²) < 4.78 is 5.60. The van der Waals surface area contributed by atoms with Gasteiger partial charge in [0, 0.05) is 19.7 Å². The highest BCUT2D eigenvalue weighted by atomic mass is 16.5. The Bertz CT molecular complexity index is 681. The zero-order valence-electron chi connectivity index (χ0n) is 17.8. The quantitative estimate of drug-likeness (QED) is 0.798. The number of hydrogen-bond acceptors (Lipinski definition) is 4. The van der Waals surface area contributed by atoms with E-state index >= 15 is 0 Å². The third-order valence-corrected chi connectivity index (χ3v) is 6.30. The number of nitrogens with one attached hydrogen (secondary N) is 2. The third kappa shape index (κ3) is 6.03. The lowest BCUT2D eigenvalue weighted by atomic mass is 9.73. The first-order valence-electron chi connectivity index (χ1n) is 10.9. The molecule has 0 unspecified atom stereocenters. The molecule has 1 aromatic carbocycles. The Morgan fingerprint density at radius 2 is 1.79 bits per heavy atom. The molecule has 2 heterocycles. The highest BCUT2D eigenvalue weighted by molar-refractivity contribution is 5.89. The van der Waals surface area contributed by atoms with Crippen LogP contribution in [-0.2, 0) is 20.9 Å². The molecule has 0 aromatic heterocycles. The summed E-state index contributed by atoms with van der Waals surface area (Å²) in [5.41, 5.74) is 2.20. The number of hydrogen-bond donors (Lipinski definition) is 2. The molecule has 160 valence electrons. The fourth-order valence-corrected chi connectivity index (χ4v) is 4.27. The summed E-state index contributed by atoms with van der Waals surface area (Å²) in [6.07, 6.45) is 4.45. The zero-order chi connectivity index (χ0) is 20.7. The van der Waals surface area contributed by atoms with Gasteiger partial charge in [0.05, 0.1) is 12.0 Å². The predicted molar refractivity (Wildman–Crippen MR) is 113 cm³/mol. The van der Waals surface area contributed by atoms with Gasteiger partial charge in [0.1, 0.15) is 6.04 Å². The number of nitrogens with zero attached hydrogens (tertiary/aromatic N) is 1. The second kappa shape index (κ2) is 10.2. The van der Waals surface area contributed by atoms with Gasteiger partial charge in [-0.3, -0.25) is 14.5 Å². The second-order valence-electron chi connectivity index (χ2n) is 8.60. The van der Waals surface area contributed by atoms with Crippen molar-refractivity contribution in [3.63, 3.8) is 0 Å². The van der Waals surface area contributed by atoms with Crippen molar-refractivity contribution in [1.29, 1.82) is 0 Å². The first-order valence-corrected chi connectivity index (χ1v) is 10.9. The normalized spacial score (nSPS) is 24.7. The summed E-state index contributed by atoms with van der Waals surface area (Å²) in [6, 6.07) is 8.15. The van der Waals surface area contributed by atoms with Crippen LogP contribution in [-0.4, -0.2) is 55.6 Å². The van der Waals surface area contributed by atoms with Crippen LogP contribution in [0.1, 0.15) is 50.2 Å². The van der Waals surface area contributed by atoms with E-state index in [9.17, 15) is 9.59 Å². The number of likely N-dealkylation sites (tertiary alicyclic amines) is 1. The maximum Gasteiger partial charge on any atom is 0.242 e. The molecule has 3 rings (SSSR count). The van der Waals surface area contributed by atoms with E-state index in [1.54, 1.807) is 6.92 Å². The van der Waals surface area contributed by atoms with E-state index in [1.807, 2.05) is 0 Å². The van der Waals surface area contributed by atoms with E-state index < -0.39 is 6.04 Å². The Labute approximate surface area is 174 Å². The van der Waals surface area contributed by atoms with E-state index in [1.165, 1.54) is 11.1 Å². The minimum atomic E-state index is -0.522. The lowest BCUT2D eigenvalue weighted by Crippen LogP contribution is -2.53. The molecule has 0 aliphatic carbocycles. The van der Waals surface area contributed by atoms with Crippen LogP contribution >= 0.6 is 0 Å². The molecule has 0 saturated carbocycles. The number of piperidine rings is 1. The van der Waals surface area contributed by atoms with Crippen molar-refractivity contribution in [3.8, 4) is 0 Å². The number of ether oxygens (including phenoxy) is 1. The topological polar surface area (TPSA) is 70.7 Å². The Morgan fingerprint density at radius 3 is 2.52 bits per heavy atom. The molecule has 6 heteroatoms. The molecule has 2 amide bonds. The van der Waals surface area contributed by atoms with Crippen LogP contribution in [0, 0.1) is 12.3 Å². The minimum Gasteiger partial charge on any atom is -0.380 e. The minimum absolute atomic E-state index is 0.0373. The molecule has 2 aliphatic heterocycles. The third-order valence-electron chi connectivity index (χ3n) is 6.30. The van der Waals surface area contributed by atoms with Gasteiger partial charge in [0.15, 0.2) is 0 Å². The van der Waals surface area contributed by atoms with Crippen LogP contribution in [0.15, 0.2) is 24.3 Å². The maximum atomic E-state index is 13.2. The van der Waals surface area contributed by atoms with Gasteiger partial charge in [0.2, 0.25) is 11.8 Å². The molecule has 2 aliphatic rings. The summed E-state index contributed by atoms with van der Waals surface area (Å²) in [4.78, 5) is 27.9. The summed E-state index contributed by atoms with van der Waals surface area (Å²) in [6.45, 7) is 8.27. The number of carbonyl (C=O) groups excluding carboxylic acids is 2. The van der Waals surface area contributed by atoms with Crippen molar-refractivity contribution in [2.24, 2.45) is 5.41 Å². The van der Waals surface area contributed by atoms with Crippen molar-refractivity contribution < 1.29 is 14.3 Å². The first kappa shape index (κ1) is 21.8. The van der Waals surface area contributed by atoms with Gasteiger partial charge in [0.25, 0.3) is 0 Å². The number of aryl methyl sites for hydroxylation is 1. The number of benzene rings is 1. The Hall–Kier alpha value is -1.92. The van der Waals surface area contributed by atoms with E-state index in [0.717, 1.165) is 51.7 Å². The van der Waals surface area contributed by atoms with E-state index in [2.05, 4.69) is 46.7 Å². The van der Waals surface area contributed by atoms with Crippen LogP contribution in [0.2, 0.25) is 0 Å². The molecule has 2 N–H and O–H groups in total. The highest BCUT2D eigenvalue weighted by Gasteiger charge is 2.41. The monoisotopic (exact) mass is 401 g/mol. The molecule has 0 radical (unpaired) electrons. The number of carbonyl (C=O) groups is 2. The van der Waals surface area contributed by atoms with Gasteiger partial charge in [-0.1, -0.05) is 36.2 Å². The van der Waals surface area contributed by atoms with Gasteiger partial charge in [-0.05, 0) is 58.2 Å². The van der Waals surface area contributed by atoms with E-state index in [0.29, 0.717) is 19.8 Å². The summed E-state index contributed by atoms with van der Waals surface area (Å²) in [5, 5.41) is 5.82. The van der Waals surface area contributed by atoms with Crippen molar-refractivity contribution in [3.05, 3.63) is 35.4 Å². The van der Waals surface area contributed by atoms with Crippen LogP contribution in [0.25, 0.3) is 0 Å². The lowest BCUT2D eigenvalue weighted by Gasteiger charge is -2.41. The summed E-state index contributed by atoms with van der Waals surface area (Å²) in [5.74, 6) is -0.108. The summed E-state index contributed by atoms with van der Waals surface area (Å²) in [7, 11) is 0. The van der Waals surface area contributed by atoms with Crippen LogP contribution in [0.4, 0.5) is 0 Å². The van der Waals surface area contributed by atoms with Crippen LogP contribution in [0.3, 0.4) is 0 Å². The molecule has 2 fully saturated rings. The fourth-order valence-electron chi connectivity index (χ4n) is 4.27. The highest BCUT2D eigenvalue weighted by Crippen LogP contribution is 2.37. The molecular formula is C23H35N3O3. The number of amides is 2. The van der Waals surface area contributed by atoms with Gasteiger partial charge >= 0.3 is 0 Å².